The normalized spacial score (nSPS) is 11.3. The van der Waals surface area contributed by atoms with E-state index in [1.54, 1.807) is 6.92 Å². The van der Waals surface area contributed by atoms with E-state index in [1.807, 2.05) is 6.92 Å². The maximum absolute atomic E-state index is 11.7. The van der Waals surface area contributed by atoms with Crippen molar-refractivity contribution in [3.8, 4) is 11.8 Å². The molecule has 0 radical (unpaired) electrons. The molecule has 0 amide bonds. The minimum absolute atomic E-state index is 0.0770. The molecule has 1 unspecified atom stereocenters. The quantitative estimate of drug-likeness (QED) is 0.259. The number of ether oxygens (including phenoxy) is 2. The molecule has 0 saturated carbocycles. The highest BCUT2D eigenvalue weighted by atomic mass is 16.5. The molecular weight excluding hydrogens is 304 g/mol. The van der Waals surface area contributed by atoms with Gasteiger partial charge in [0.15, 0.2) is 6.10 Å². The van der Waals surface area contributed by atoms with Crippen molar-refractivity contribution in [2.45, 2.75) is 97.5 Å². The Kier molecular flexibility index (Phi) is 15.3. The molecule has 4 nitrogen and oxygen atoms in total. The lowest BCUT2D eigenvalue weighted by Crippen LogP contribution is -2.15. The summed E-state index contributed by atoms with van der Waals surface area (Å²) in [6.07, 6.45) is 9.43. The summed E-state index contributed by atoms with van der Waals surface area (Å²) in [4.78, 5) is 23.1. The first kappa shape index (κ1) is 22.5. The molecule has 0 heterocycles. The molecular formula is C20H34O4. The molecule has 0 aliphatic rings. The smallest absolute Gasteiger partial charge is 0.307 e. The van der Waals surface area contributed by atoms with Gasteiger partial charge in [0.25, 0.3) is 0 Å². The number of hydrogen-bond acceptors (Lipinski definition) is 4. The molecule has 4 heteroatoms. The topological polar surface area (TPSA) is 52.6 Å². The largest absolute Gasteiger partial charge is 0.466 e. The van der Waals surface area contributed by atoms with E-state index in [2.05, 4.69) is 18.8 Å². The van der Waals surface area contributed by atoms with E-state index in [1.165, 1.54) is 0 Å². The van der Waals surface area contributed by atoms with E-state index in [0.29, 0.717) is 19.4 Å². The molecule has 0 N–H and O–H groups in total. The average Bonchev–Trinajstić information content (AvgIpc) is 2.57. The zero-order chi connectivity index (χ0) is 18.0. The van der Waals surface area contributed by atoms with Gasteiger partial charge in [-0.2, -0.15) is 0 Å². The fourth-order valence-corrected chi connectivity index (χ4v) is 2.24. The lowest BCUT2D eigenvalue weighted by molar-refractivity contribution is -0.147. The molecule has 1 atom stereocenters. The summed E-state index contributed by atoms with van der Waals surface area (Å²) in [6.45, 7) is 6.34. The van der Waals surface area contributed by atoms with Crippen LogP contribution in [0.25, 0.3) is 0 Å². The van der Waals surface area contributed by atoms with E-state index in [9.17, 15) is 9.59 Å². The first-order chi connectivity index (χ1) is 11.6. The van der Waals surface area contributed by atoms with Gasteiger partial charge in [0, 0.05) is 12.8 Å². The number of esters is 2. The first-order valence-corrected chi connectivity index (χ1v) is 9.41. The second-order valence-electron chi connectivity index (χ2n) is 5.98. The molecule has 0 bridgehead atoms. The van der Waals surface area contributed by atoms with Gasteiger partial charge in [-0.1, -0.05) is 51.9 Å². The fourth-order valence-electron chi connectivity index (χ4n) is 2.24. The Balaban J connectivity index is 3.45. The van der Waals surface area contributed by atoms with Crippen molar-refractivity contribution in [1.29, 1.82) is 0 Å². The zero-order valence-electron chi connectivity index (χ0n) is 15.7. The molecule has 0 aliphatic carbocycles. The average molecular weight is 338 g/mol. The van der Waals surface area contributed by atoms with Crippen LogP contribution in [-0.2, 0) is 19.1 Å². The van der Waals surface area contributed by atoms with Crippen molar-refractivity contribution in [3.05, 3.63) is 0 Å². The Hall–Kier alpha value is -1.50. The molecule has 0 fully saturated rings. The fraction of sp³-hybridized carbons (Fsp3) is 0.800. The predicted molar refractivity (Wildman–Crippen MR) is 96.4 cm³/mol. The van der Waals surface area contributed by atoms with Crippen molar-refractivity contribution >= 4 is 11.9 Å². The van der Waals surface area contributed by atoms with E-state index in [0.717, 1.165) is 57.8 Å². The van der Waals surface area contributed by atoms with E-state index in [-0.39, 0.29) is 18.0 Å². The first-order valence-electron chi connectivity index (χ1n) is 9.41. The minimum Gasteiger partial charge on any atom is -0.466 e. The van der Waals surface area contributed by atoms with Crippen LogP contribution in [0.1, 0.15) is 91.4 Å². The molecule has 0 aromatic rings. The van der Waals surface area contributed by atoms with Crippen LogP contribution in [0.4, 0.5) is 0 Å². The summed E-state index contributed by atoms with van der Waals surface area (Å²) in [5.41, 5.74) is 0. The number of carbonyl (C=O) groups is 2. The third-order valence-corrected chi connectivity index (χ3v) is 3.72. The predicted octanol–water partition coefficient (Wildman–Crippen LogP) is 4.80. The van der Waals surface area contributed by atoms with E-state index >= 15 is 0 Å². The summed E-state index contributed by atoms with van der Waals surface area (Å²) in [7, 11) is 0. The summed E-state index contributed by atoms with van der Waals surface area (Å²) in [5.74, 6) is 5.43. The highest BCUT2D eigenvalue weighted by Crippen LogP contribution is 2.10. The maximum Gasteiger partial charge on any atom is 0.307 e. The van der Waals surface area contributed by atoms with Crippen molar-refractivity contribution in [1.82, 2.24) is 0 Å². The highest BCUT2D eigenvalue weighted by Gasteiger charge is 2.09. The van der Waals surface area contributed by atoms with Gasteiger partial charge in [0.2, 0.25) is 0 Å². The van der Waals surface area contributed by atoms with Crippen LogP contribution in [0.2, 0.25) is 0 Å². The Morgan fingerprint density at radius 2 is 1.46 bits per heavy atom. The highest BCUT2D eigenvalue weighted by molar-refractivity contribution is 5.69. The molecule has 0 aromatic heterocycles. The van der Waals surface area contributed by atoms with Crippen LogP contribution in [0.5, 0.6) is 0 Å². The van der Waals surface area contributed by atoms with Gasteiger partial charge >= 0.3 is 11.9 Å². The Labute approximate surface area is 147 Å². The second kappa shape index (κ2) is 16.4. The van der Waals surface area contributed by atoms with Gasteiger partial charge < -0.3 is 9.47 Å². The number of rotatable bonds is 14. The monoisotopic (exact) mass is 338 g/mol. The van der Waals surface area contributed by atoms with E-state index in [4.69, 9.17) is 9.47 Å². The van der Waals surface area contributed by atoms with Gasteiger partial charge in [-0.25, -0.2) is 0 Å². The van der Waals surface area contributed by atoms with Crippen LogP contribution >= 0.6 is 0 Å². The lowest BCUT2D eigenvalue weighted by atomic mass is 10.1. The number of hydrogen-bond donors (Lipinski definition) is 0. The summed E-state index contributed by atoms with van der Waals surface area (Å²) >= 11 is 0. The summed E-state index contributed by atoms with van der Waals surface area (Å²) in [6, 6.07) is 0. The third-order valence-electron chi connectivity index (χ3n) is 3.72. The van der Waals surface area contributed by atoms with Gasteiger partial charge in [0.05, 0.1) is 6.61 Å². The van der Waals surface area contributed by atoms with Crippen LogP contribution in [-0.4, -0.2) is 24.6 Å². The summed E-state index contributed by atoms with van der Waals surface area (Å²) < 4.78 is 10.4. The molecule has 0 spiro atoms. The van der Waals surface area contributed by atoms with Gasteiger partial charge in [-0.05, 0) is 32.6 Å². The standard InChI is InChI=1S/C20H34O4/c1-4-7-17-23-19(21)15-12-10-8-9-11-13-16-20(22)24-18(6-3)14-5-2/h18H,4,6-13,15-17H2,1-3H3. The van der Waals surface area contributed by atoms with Crippen molar-refractivity contribution in [2.24, 2.45) is 0 Å². The third kappa shape index (κ3) is 14.1. The Bertz CT molecular complexity index is 392. The van der Waals surface area contributed by atoms with Gasteiger partial charge in [0.1, 0.15) is 0 Å². The molecule has 0 aromatic carbocycles. The Morgan fingerprint density at radius 1 is 0.875 bits per heavy atom. The summed E-state index contributed by atoms with van der Waals surface area (Å²) in [5, 5.41) is 0. The Morgan fingerprint density at radius 3 is 2.00 bits per heavy atom. The molecule has 0 aliphatic heterocycles. The molecule has 24 heavy (non-hydrogen) atoms. The lowest BCUT2D eigenvalue weighted by Gasteiger charge is -2.10. The van der Waals surface area contributed by atoms with Crippen molar-refractivity contribution in [2.75, 3.05) is 6.61 Å². The van der Waals surface area contributed by atoms with Gasteiger partial charge in [-0.15, -0.1) is 5.92 Å². The zero-order valence-corrected chi connectivity index (χ0v) is 15.7. The van der Waals surface area contributed by atoms with Gasteiger partial charge in [-0.3, -0.25) is 9.59 Å². The maximum atomic E-state index is 11.7. The van der Waals surface area contributed by atoms with Crippen LogP contribution in [0.15, 0.2) is 0 Å². The molecule has 138 valence electrons. The molecule has 0 saturated heterocycles. The molecule has 0 rings (SSSR count). The van der Waals surface area contributed by atoms with Crippen LogP contribution in [0, 0.1) is 11.8 Å². The number of unbranched alkanes of at least 4 members (excludes halogenated alkanes) is 6. The van der Waals surface area contributed by atoms with Crippen molar-refractivity contribution in [3.63, 3.8) is 0 Å². The van der Waals surface area contributed by atoms with E-state index < -0.39 is 0 Å². The van der Waals surface area contributed by atoms with Crippen LogP contribution < -0.4 is 0 Å². The number of carbonyl (C=O) groups excluding carboxylic acids is 2. The van der Waals surface area contributed by atoms with Crippen molar-refractivity contribution < 1.29 is 19.1 Å². The van der Waals surface area contributed by atoms with Crippen LogP contribution in [0.3, 0.4) is 0 Å². The SMILES string of the molecule is CC#CC(CC)OC(=O)CCCCCCCCC(=O)OCCCC. The second-order valence-corrected chi connectivity index (χ2v) is 5.98. The minimum atomic E-state index is -0.264.